The van der Waals surface area contributed by atoms with Gasteiger partial charge in [0, 0.05) is 12.5 Å². The minimum Gasteiger partial charge on any atom is -0.366 e. The number of nitrogens with one attached hydrogen (secondary N) is 1. The van der Waals surface area contributed by atoms with E-state index in [0.29, 0.717) is 11.3 Å². The van der Waals surface area contributed by atoms with Gasteiger partial charge in [-0.15, -0.1) is 0 Å². The van der Waals surface area contributed by atoms with Crippen molar-refractivity contribution in [2.24, 2.45) is 11.5 Å². The molecule has 1 atom stereocenters. The topological polar surface area (TPSA) is 98.2 Å². The Balaban J connectivity index is 2.81. The number of nitrogens with two attached hydrogens (primary N) is 2. The molecule has 0 aliphatic heterocycles. The van der Waals surface area contributed by atoms with Crippen LogP contribution in [-0.2, 0) is 4.79 Å². The fourth-order valence-electron chi connectivity index (χ4n) is 1.30. The first-order valence-corrected chi connectivity index (χ1v) is 4.95. The summed E-state index contributed by atoms with van der Waals surface area (Å²) in [6.07, 6.45) is 0.201. The van der Waals surface area contributed by atoms with Crippen LogP contribution >= 0.6 is 0 Å². The third kappa shape index (κ3) is 3.36. The van der Waals surface area contributed by atoms with Gasteiger partial charge in [0.25, 0.3) is 5.91 Å². The lowest BCUT2D eigenvalue weighted by molar-refractivity contribution is -0.116. The van der Waals surface area contributed by atoms with E-state index < -0.39 is 5.91 Å². The molecule has 0 radical (unpaired) electrons. The first-order valence-electron chi connectivity index (χ1n) is 4.95. The second kappa shape index (κ2) is 5.27. The first kappa shape index (κ1) is 12.2. The van der Waals surface area contributed by atoms with E-state index in [1.165, 1.54) is 0 Å². The molecule has 5 N–H and O–H groups in total. The second-order valence-electron chi connectivity index (χ2n) is 3.64. The lowest BCUT2D eigenvalue weighted by atomic mass is 10.1. The maximum absolute atomic E-state index is 11.5. The molecular weight excluding hydrogens is 206 g/mol. The Kier molecular flexibility index (Phi) is 4.02. The Morgan fingerprint density at radius 2 is 2.00 bits per heavy atom. The molecule has 0 heterocycles. The number of rotatable bonds is 4. The molecule has 0 aliphatic rings. The largest absolute Gasteiger partial charge is 0.366 e. The number of primary amides is 1. The highest BCUT2D eigenvalue weighted by Crippen LogP contribution is 2.14. The molecule has 1 aromatic carbocycles. The van der Waals surface area contributed by atoms with Crippen molar-refractivity contribution in [3.05, 3.63) is 29.8 Å². The van der Waals surface area contributed by atoms with Gasteiger partial charge >= 0.3 is 0 Å². The van der Waals surface area contributed by atoms with Crippen molar-refractivity contribution >= 4 is 17.5 Å². The highest BCUT2D eigenvalue weighted by Gasteiger charge is 2.10. The van der Waals surface area contributed by atoms with E-state index >= 15 is 0 Å². The standard InChI is InChI=1S/C11H15N3O2/c1-7(12)6-10(15)14-9-5-3-2-4-8(9)11(13)16/h2-5,7H,6,12H2,1H3,(H2,13,16)(H,14,15). The number of amides is 2. The minimum atomic E-state index is -0.573. The number of para-hydroxylation sites is 1. The summed E-state index contributed by atoms with van der Waals surface area (Å²) in [7, 11) is 0. The summed E-state index contributed by atoms with van der Waals surface area (Å²) in [4.78, 5) is 22.5. The molecule has 5 nitrogen and oxygen atoms in total. The van der Waals surface area contributed by atoms with Gasteiger partial charge in [0.1, 0.15) is 0 Å². The highest BCUT2D eigenvalue weighted by molar-refractivity contribution is 6.03. The van der Waals surface area contributed by atoms with Gasteiger partial charge in [0.2, 0.25) is 5.91 Å². The molecule has 0 saturated heterocycles. The van der Waals surface area contributed by atoms with Crippen LogP contribution in [0.25, 0.3) is 0 Å². The summed E-state index contributed by atoms with van der Waals surface area (Å²) in [6, 6.07) is 6.36. The molecule has 0 fully saturated rings. The predicted molar refractivity (Wildman–Crippen MR) is 61.9 cm³/mol. The second-order valence-corrected chi connectivity index (χ2v) is 3.64. The fraction of sp³-hybridized carbons (Fsp3) is 0.273. The molecule has 1 unspecified atom stereocenters. The highest BCUT2D eigenvalue weighted by atomic mass is 16.2. The van der Waals surface area contributed by atoms with Gasteiger partial charge in [-0.2, -0.15) is 0 Å². The predicted octanol–water partition coefficient (Wildman–Crippen LogP) is 0.461. The van der Waals surface area contributed by atoms with Crippen LogP contribution in [0.2, 0.25) is 0 Å². The molecule has 0 bridgehead atoms. The zero-order chi connectivity index (χ0) is 12.1. The van der Waals surface area contributed by atoms with E-state index in [0.717, 1.165) is 0 Å². The average molecular weight is 221 g/mol. The van der Waals surface area contributed by atoms with E-state index in [1.54, 1.807) is 31.2 Å². The number of carbonyl (C=O) groups excluding carboxylic acids is 2. The Morgan fingerprint density at radius 3 is 2.56 bits per heavy atom. The molecule has 5 heteroatoms. The van der Waals surface area contributed by atoms with Crippen molar-refractivity contribution in [2.45, 2.75) is 19.4 Å². The molecule has 2 amide bonds. The number of carbonyl (C=O) groups is 2. The van der Waals surface area contributed by atoms with Crippen LogP contribution in [0.3, 0.4) is 0 Å². The van der Waals surface area contributed by atoms with Gasteiger partial charge in [0.05, 0.1) is 11.3 Å². The van der Waals surface area contributed by atoms with Crippen LogP contribution in [0.4, 0.5) is 5.69 Å². The molecule has 16 heavy (non-hydrogen) atoms. The lowest BCUT2D eigenvalue weighted by Gasteiger charge is -2.09. The average Bonchev–Trinajstić information content (AvgIpc) is 2.16. The Hall–Kier alpha value is -1.88. The third-order valence-electron chi connectivity index (χ3n) is 1.97. The van der Waals surface area contributed by atoms with Crippen LogP contribution in [0, 0.1) is 0 Å². The maximum Gasteiger partial charge on any atom is 0.250 e. The fourth-order valence-corrected chi connectivity index (χ4v) is 1.30. The Bertz CT molecular complexity index is 402. The van der Waals surface area contributed by atoms with Crippen molar-refractivity contribution < 1.29 is 9.59 Å². The van der Waals surface area contributed by atoms with E-state index in [-0.39, 0.29) is 18.4 Å². The van der Waals surface area contributed by atoms with Crippen LogP contribution in [0.5, 0.6) is 0 Å². The quantitative estimate of drug-likeness (QED) is 0.688. The molecule has 0 aromatic heterocycles. The van der Waals surface area contributed by atoms with Crippen molar-refractivity contribution in [1.29, 1.82) is 0 Å². The normalized spacial score (nSPS) is 11.9. The van der Waals surface area contributed by atoms with E-state index in [4.69, 9.17) is 11.5 Å². The minimum absolute atomic E-state index is 0.201. The van der Waals surface area contributed by atoms with Crippen molar-refractivity contribution in [2.75, 3.05) is 5.32 Å². The van der Waals surface area contributed by atoms with Crippen LogP contribution in [-0.4, -0.2) is 17.9 Å². The number of hydrogen-bond donors (Lipinski definition) is 3. The smallest absolute Gasteiger partial charge is 0.250 e. The van der Waals surface area contributed by atoms with Crippen molar-refractivity contribution in [3.8, 4) is 0 Å². The summed E-state index contributed by atoms with van der Waals surface area (Å²) in [5.41, 5.74) is 11.4. The van der Waals surface area contributed by atoms with Gasteiger partial charge in [-0.1, -0.05) is 12.1 Å². The molecule has 0 aliphatic carbocycles. The lowest BCUT2D eigenvalue weighted by Crippen LogP contribution is -2.25. The van der Waals surface area contributed by atoms with Gasteiger partial charge < -0.3 is 16.8 Å². The van der Waals surface area contributed by atoms with Gasteiger partial charge in [0.15, 0.2) is 0 Å². The van der Waals surface area contributed by atoms with Gasteiger partial charge in [-0.3, -0.25) is 9.59 Å². The van der Waals surface area contributed by atoms with Crippen LogP contribution < -0.4 is 16.8 Å². The van der Waals surface area contributed by atoms with Gasteiger partial charge in [-0.05, 0) is 19.1 Å². The SMILES string of the molecule is CC(N)CC(=O)Nc1ccccc1C(N)=O. The van der Waals surface area contributed by atoms with E-state index in [1.807, 2.05) is 0 Å². The summed E-state index contributed by atoms with van der Waals surface area (Å²) < 4.78 is 0. The molecule has 0 spiro atoms. The Morgan fingerprint density at radius 1 is 1.38 bits per heavy atom. The molecule has 86 valence electrons. The van der Waals surface area contributed by atoms with E-state index in [2.05, 4.69) is 5.32 Å². The number of anilines is 1. The molecular formula is C11H15N3O2. The van der Waals surface area contributed by atoms with E-state index in [9.17, 15) is 9.59 Å². The van der Waals surface area contributed by atoms with Crippen LogP contribution in [0.1, 0.15) is 23.7 Å². The molecule has 1 rings (SSSR count). The Labute approximate surface area is 93.8 Å². The monoisotopic (exact) mass is 221 g/mol. The summed E-state index contributed by atoms with van der Waals surface area (Å²) in [6.45, 7) is 1.74. The van der Waals surface area contributed by atoms with Crippen molar-refractivity contribution in [1.82, 2.24) is 0 Å². The zero-order valence-electron chi connectivity index (χ0n) is 9.07. The molecule has 0 saturated carbocycles. The van der Waals surface area contributed by atoms with Crippen LogP contribution in [0.15, 0.2) is 24.3 Å². The van der Waals surface area contributed by atoms with Gasteiger partial charge in [-0.25, -0.2) is 0 Å². The molecule has 1 aromatic rings. The summed E-state index contributed by atoms with van der Waals surface area (Å²) >= 11 is 0. The van der Waals surface area contributed by atoms with Crippen molar-refractivity contribution in [3.63, 3.8) is 0 Å². The zero-order valence-corrected chi connectivity index (χ0v) is 9.07. The summed E-state index contributed by atoms with van der Waals surface area (Å²) in [5.74, 6) is -0.805. The first-order chi connectivity index (χ1) is 7.50. The number of benzene rings is 1. The maximum atomic E-state index is 11.5. The number of hydrogen-bond acceptors (Lipinski definition) is 3. The third-order valence-corrected chi connectivity index (χ3v) is 1.97. The summed E-state index contributed by atoms with van der Waals surface area (Å²) in [5, 5.41) is 2.60.